The van der Waals surface area contributed by atoms with Gasteiger partial charge in [0.05, 0.1) is 13.2 Å². The Labute approximate surface area is 117 Å². The van der Waals surface area contributed by atoms with Crippen molar-refractivity contribution in [1.82, 2.24) is 5.32 Å². The Morgan fingerprint density at radius 3 is 2.26 bits per heavy atom. The minimum atomic E-state index is -0.203. The molecule has 3 unspecified atom stereocenters. The van der Waals surface area contributed by atoms with Crippen molar-refractivity contribution in [2.24, 2.45) is 11.8 Å². The van der Waals surface area contributed by atoms with Crippen molar-refractivity contribution in [3.8, 4) is 0 Å². The lowest BCUT2D eigenvalue weighted by Crippen LogP contribution is -2.48. The number of ether oxygens (including phenoxy) is 2. The van der Waals surface area contributed by atoms with Crippen LogP contribution in [0.15, 0.2) is 0 Å². The van der Waals surface area contributed by atoms with Gasteiger partial charge in [-0.2, -0.15) is 0 Å². The summed E-state index contributed by atoms with van der Waals surface area (Å²) in [5, 5.41) is 3.92. The molecule has 0 aromatic heterocycles. The highest BCUT2D eigenvalue weighted by Crippen LogP contribution is 2.37. The molecule has 0 aromatic carbocycles. The zero-order chi connectivity index (χ0) is 13.3. The Bertz CT molecular complexity index is 291. The first-order valence-electron chi connectivity index (χ1n) is 8.21. The van der Waals surface area contributed by atoms with E-state index in [0.717, 1.165) is 43.9 Å². The molecule has 1 heterocycles. The molecule has 0 bridgehead atoms. The van der Waals surface area contributed by atoms with Crippen LogP contribution in [0.1, 0.15) is 58.8 Å². The first-order valence-corrected chi connectivity index (χ1v) is 8.21. The summed E-state index contributed by atoms with van der Waals surface area (Å²) < 4.78 is 11.6. The van der Waals surface area contributed by atoms with Crippen LogP contribution in [0.2, 0.25) is 0 Å². The molecule has 3 fully saturated rings. The minimum absolute atomic E-state index is 0.203. The molecule has 3 aliphatic rings. The summed E-state index contributed by atoms with van der Waals surface area (Å²) in [6.45, 7) is 6.39. The van der Waals surface area contributed by atoms with Gasteiger partial charge in [0.25, 0.3) is 0 Å². The van der Waals surface area contributed by atoms with E-state index in [9.17, 15) is 0 Å². The predicted octanol–water partition coefficient (Wildman–Crippen LogP) is 3.09. The van der Waals surface area contributed by atoms with Crippen molar-refractivity contribution in [2.45, 2.75) is 76.7 Å². The summed E-state index contributed by atoms with van der Waals surface area (Å²) >= 11 is 0. The fraction of sp³-hybridized carbons (Fsp3) is 1.00. The Morgan fingerprint density at radius 1 is 0.947 bits per heavy atom. The van der Waals surface area contributed by atoms with Gasteiger partial charge in [-0.15, -0.1) is 0 Å². The molecule has 3 heteroatoms. The largest absolute Gasteiger partial charge is 0.348 e. The van der Waals surface area contributed by atoms with E-state index < -0.39 is 0 Å². The highest BCUT2D eigenvalue weighted by Gasteiger charge is 2.41. The number of hydrogen-bond donors (Lipinski definition) is 1. The minimum Gasteiger partial charge on any atom is -0.348 e. The molecule has 2 aliphatic carbocycles. The van der Waals surface area contributed by atoms with Crippen molar-refractivity contribution < 1.29 is 9.47 Å². The van der Waals surface area contributed by atoms with Gasteiger partial charge >= 0.3 is 0 Å². The van der Waals surface area contributed by atoms with Crippen LogP contribution >= 0.6 is 0 Å². The first kappa shape index (κ1) is 13.8. The molecule has 1 spiro atoms. The maximum atomic E-state index is 5.80. The zero-order valence-corrected chi connectivity index (χ0v) is 12.5. The quantitative estimate of drug-likeness (QED) is 0.834. The van der Waals surface area contributed by atoms with E-state index in [2.05, 4.69) is 19.2 Å². The van der Waals surface area contributed by atoms with Crippen LogP contribution < -0.4 is 5.32 Å². The van der Waals surface area contributed by atoms with Gasteiger partial charge < -0.3 is 14.8 Å². The third-order valence-corrected chi connectivity index (χ3v) is 5.44. The van der Waals surface area contributed by atoms with Crippen molar-refractivity contribution in [2.75, 3.05) is 13.2 Å². The van der Waals surface area contributed by atoms with Crippen LogP contribution in [0.25, 0.3) is 0 Å². The van der Waals surface area contributed by atoms with E-state index in [4.69, 9.17) is 9.47 Å². The Hall–Kier alpha value is -0.120. The SMILES string of the molecule is CC1CCC(NC2CCC3(CC2)OCCO3)C(C)C1. The second kappa shape index (κ2) is 5.71. The molecular weight excluding hydrogens is 238 g/mol. The normalized spacial score (nSPS) is 39.8. The van der Waals surface area contributed by atoms with Crippen molar-refractivity contribution in [1.29, 1.82) is 0 Å². The molecule has 1 saturated heterocycles. The molecule has 3 atom stereocenters. The molecule has 1 N–H and O–H groups in total. The number of nitrogens with one attached hydrogen (secondary N) is 1. The molecule has 3 nitrogen and oxygen atoms in total. The second-order valence-corrected chi connectivity index (χ2v) is 7.05. The van der Waals surface area contributed by atoms with Gasteiger partial charge in [-0.05, 0) is 43.9 Å². The van der Waals surface area contributed by atoms with E-state index in [1.165, 1.54) is 32.1 Å². The number of hydrogen-bond acceptors (Lipinski definition) is 3. The van der Waals surface area contributed by atoms with E-state index in [1.54, 1.807) is 0 Å². The average molecular weight is 267 g/mol. The van der Waals surface area contributed by atoms with Crippen molar-refractivity contribution in [3.63, 3.8) is 0 Å². The zero-order valence-electron chi connectivity index (χ0n) is 12.5. The monoisotopic (exact) mass is 267 g/mol. The Balaban J connectivity index is 1.47. The summed E-state index contributed by atoms with van der Waals surface area (Å²) in [7, 11) is 0. The van der Waals surface area contributed by atoms with Crippen molar-refractivity contribution >= 4 is 0 Å². The third-order valence-electron chi connectivity index (χ3n) is 5.44. The fourth-order valence-electron chi connectivity index (χ4n) is 4.23. The molecule has 110 valence electrons. The molecule has 19 heavy (non-hydrogen) atoms. The van der Waals surface area contributed by atoms with Gasteiger partial charge in [0.15, 0.2) is 5.79 Å². The van der Waals surface area contributed by atoms with E-state index in [1.807, 2.05) is 0 Å². The molecule has 3 rings (SSSR count). The third kappa shape index (κ3) is 3.14. The maximum Gasteiger partial charge on any atom is 0.168 e. The summed E-state index contributed by atoms with van der Waals surface area (Å²) in [6, 6.07) is 1.42. The predicted molar refractivity (Wildman–Crippen MR) is 76.0 cm³/mol. The summed E-state index contributed by atoms with van der Waals surface area (Å²) in [5.74, 6) is 1.55. The maximum absolute atomic E-state index is 5.80. The van der Waals surface area contributed by atoms with Crippen LogP contribution in [0, 0.1) is 11.8 Å². The molecule has 2 saturated carbocycles. The van der Waals surface area contributed by atoms with Crippen LogP contribution in [0.5, 0.6) is 0 Å². The smallest absolute Gasteiger partial charge is 0.168 e. The van der Waals surface area contributed by atoms with Gasteiger partial charge in [-0.1, -0.05) is 13.8 Å². The Kier molecular flexibility index (Phi) is 4.16. The lowest BCUT2D eigenvalue weighted by atomic mass is 9.79. The van der Waals surface area contributed by atoms with E-state index >= 15 is 0 Å². The van der Waals surface area contributed by atoms with Gasteiger partial charge in [-0.3, -0.25) is 0 Å². The van der Waals surface area contributed by atoms with Crippen LogP contribution in [-0.4, -0.2) is 31.1 Å². The topological polar surface area (TPSA) is 30.5 Å². The van der Waals surface area contributed by atoms with Crippen molar-refractivity contribution in [3.05, 3.63) is 0 Å². The second-order valence-electron chi connectivity index (χ2n) is 7.05. The lowest BCUT2D eigenvalue weighted by molar-refractivity contribution is -0.180. The first-order chi connectivity index (χ1) is 9.17. The van der Waals surface area contributed by atoms with Crippen LogP contribution in [-0.2, 0) is 9.47 Å². The van der Waals surface area contributed by atoms with Crippen LogP contribution in [0.3, 0.4) is 0 Å². The standard InChI is InChI=1S/C16H29NO2/c1-12-3-4-15(13(2)11-12)17-14-5-7-16(8-6-14)18-9-10-19-16/h12-15,17H,3-11H2,1-2H3. The van der Waals surface area contributed by atoms with E-state index in [0.29, 0.717) is 6.04 Å². The summed E-state index contributed by atoms with van der Waals surface area (Å²) in [4.78, 5) is 0. The summed E-state index contributed by atoms with van der Waals surface area (Å²) in [6.07, 6.45) is 8.70. The van der Waals surface area contributed by atoms with Crippen LogP contribution in [0.4, 0.5) is 0 Å². The highest BCUT2D eigenvalue weighted by molar-refractivity contribution is 4.89. The average Bonchev–Trinajstić information content (AvgIpc) is 2.84. The number of rotatable bonds is 2. The van der Waals surface area contributed by atoms with Gasteiger partial charge in [0.1, 0.15) is 0 Å². The molecule has 0 aromatic rings. The van der Waals surface area contributed by atoms with Gasteiger partial charge in [0, 0.05) is 24.9 Å². The van der Waals surface area contributed by atoms with Gasteiger partial charge in [0.2, 0.25) is 0 Å². The molecule has 1 aliphatic heterocycles. The fourth-order valence-corrected chi connectivity index (χ4v) is 4.23. The lowest BCUT2D eigenvalue weighted by Gasteiger charge is -2.40. The Morgan fingerprint density at radius 2 is 1.63 bits per heavy atom. The van der Waals surface area contributed by atoms with Gasteiger partial charge in [-0.25, -0.2) is 0 Å². The molecule has 0 amide bonds. The highest BCUT2D eigenvalue weighted by atomic mass is 16.7. The molecule has 0 radical (unpaired) electrons. The van der Waals surface area contributed by atoms with E-state index in [-0.39, 0.29) is 5.79 Å². The molecular formula is C16H29NO2. The summed E-state index contributed by atoms with van der Waals surface area (Å²) in [5.41, 5.74) is 0.